The molecule has 12 heavy (non-hydrogen) atoms. The molecule has 0 fully saturated rings. The van der Waals surface area contributed by atoms with E-state index in [1.807, 2.05) is 12.1 Å². The molecule has 0 amide bonds. The molecule has 0 aliphatic heterocycles. The first kappa shape index (κ1) is 9.85. The number of aliphatic hydroxyl groups is 1. The number of ether oxygens (including phenoxy) is 1. The van der Waals surface area contributed by atoms with Crippen molar-refractivity contribution >= 4 is 24.5 Å². The van der Waals surface area contributed by atoms with Crippen LogP contribution < -0.4 is 8.35 Å². The summed E-state index contributed by atoms with van der Waals surface area (Å²) in [6, 6.07) is 8.10. The van der Waals surface area contributed by atoms with Crippen LogP contribution in [0.3, 0.4) is 0 Å². The predicted octanol–water partition coefficient (Wildman–Crippen LogP) is 0.435. The number of methoxy groups -OCH3 is 1. The van der Waals surface area contributed by atoms with Gasteiger partial charge in [0.2, 0.25) is 0 Å². The Balaban J connectivity index is 2.53. The Morgan fingerprint density at radius 2 is 2.00 bits per heavy atom. The summed E-state index contributed by atoms with van der Waals surface area (Å²) < 4.78 is 7.37. The zero-order valence-corrected chi connectivity index (χ0v) is 9.32. The molecule has 1 N–H and O–H groups in total. The van der Waals surface area contributed by atoms with Crippen molar-refractivity contribution in [2.45, 2.75) is 4.47 Å². The first-order chi connectivity index (χ1) is 5.86. The Hall–Kier alpha value is -0.230. The first-order valence-corrected chi connectivity index (χ1v) is 6.56. The van der Waals surface area contributed by atoms with E-state index in [4.69, 9.17) is 9.84 Å². The van der Waals surface area contributed by atoms with Crippen molar-refractivity contribution in [3.8, 4) is 5.75 Å². The molecule has 1 aromatic carbocycles. The Bertz CT molecular complexity index is 220. The summed E-state index contributed by atoms with van der Waals surface area (Å²) in [6.07, 6.45) is 0. The van der Waals surface area contributed by atoms with Crippen LogP contribution in [0.2, 0.25) is 4.47 Å². The van der Waals surface area contributed by atoms with Crippen LogP contribution in [0.25, 0.3) is 0 Å². The second kappa shape index (κ2) is 5.42. The molecule has 3 heteroatoms. The summed E-state index contributed by atoms with van der Waals surface area (Å²) in [5.41, 5.74) is 0. The van der Waals surface area contributed by atoms with Gasteiger partial charge in [0.25, 0.3) is 0 Å². The number of benzene rings is 1. The average Bonchev–Trinajstić information content (AvgIpc) is 2.15. The van der Waals surface area contributed by atoms with E-state index in [1.54, 1.807) is 7.11 Å². The maximum absolute atomic E-state index is 8.64. The first-order valence-electron chi connectivity index (χ1n) is 3.74. The molecular weight excluding hydrogens is 268 g/mol. The van der Waals surface area contributed by atoms with E-state index in [0.29, 0.717) is 6.61 Å². The number of hydrogen-bond donors (Lipinski definition) is 1. The van der Waals surface area contributed by atoms with Crippen LogP contribution in [0.1, 0.15) is 0 Å². The molecule has 0 unspecified atom stereocenters. The van der Waals surface area contributed by atoms with Crippen molar-refractivity contribution in [1.82, 2.24) is 0 Å². The van der Waals surface area contributed by atoms with Gasteiger partial charge < -0.3 is 0 Å². The van der Waals surface area contributed by atoms with E-state index >= 15 is 0 Å². The fourth-order valence-electron chi connectivity index (χ4n) is 0.835. The minimum atomic E-state index is -0.166. The third-order valence-corrected chi connectivity index (χ3v) is 4.25. The molecule has 0 saturated carbocycles. The molecular formula is C9H12O2Te. The molecule has 0 aromatic heterocycles. The zero-order valence-electron chi connectivity index (χ0n) is 6.99. The van der Waals surface area contributed by atoms with Crippen LogP contribution in [0.5, 0.6) is 5.75 Å². The fourth-order valence-corrected chi connectivity index (χ4v) is 2.71. The normalized spacial score (nSPS) is 9.83. The Morgan fingerprint density at radius 3 is 2.50 bits per heavy atom. The summed E-state index contributed by atoms with van der Waals surface area (Å²) in [5, 5.41) is 8.64. The molecule has 0 aliphatic rings. The molecule has 0 atom stereocenters. The SMILES string of the molecule is COc1ccc([Te]CCO)cc1. The van der Waals surface area contributed by atoms with Crippen LogP contribution >= 0.6 is 0 Å². The molecule has 66 valence electrons. The summed E-state index contributed by atoms with van der Waals surface area (Å²) in [5.74, 6) is 0.898. The Morgan fingerprint density at radius 1 is 1.33 bits per heavy atom. The summed E-state index contributed by atoms with van der Waals surface area (Å²) in [6.45, 7) is 0.314. The Labute approximate surface area is 82.6 Å². The predicted molar refractivity (Wildman–Crippen MR) is 50.3 cm³/mol. The van der Waals surface area contributed by atoms with E-state index in [-0.39, 0.29) is 20.9 Å². The standard InChI is InChI=1S/C9H12O2Te/c1-11-8-2-4-9(5-3-8)12-7-6-10/h2-5,10H,6-7H2,1H3. The maximum atomic E-state index is 8.64. The van der Waals surface area contributed by atoms with Gasteiger partial charge >= 0.3 is 82.6 Å². The quantitative estimate of drug-likeness (QED) is 0.811. The molecule has 0 aliphatic carbocycles. The average molecular weight is 280 g/mol. The van der Waals surface area contributed by atoms with Gasteiger partial charge in [0.15, 0.2) is 0 Å². The Kier molecular flexibility index (Phi) is 4.45. The van der Waals surface area contributed by atoms with Gasteiger partial charge in [-0.1, -0.05) is 0 Å². The third-order valence-electron chi connectivity index (χ3n) is 1.42. The van der Waals surface area contributed by atoms with E-state index < -0.39 is 0 Å². The summed E-state index contributed by atoms with van der Waals surface area (Å²) in [7, 11) is 1.67. The topological polar surface area (TPSA) is 29.5 Å². The van der Waals surface area contributed by atoms with Gasteiger partial charge in [-0.05, 0) is 0 Å². The van der Waals surface area contributed by atoms with Crippen molar-refractivity contribution in [3.63, 3.8) is 0 Å². The van der Waals surface area contributed by atoms with Crippen molar-refractivity contribution < 1.29 is 9.84 Å². The molecule has 0 spiro atoms. The van der Waals surface area contributed by atoms with E-state index in [2.05, 4.69) is 12.1 Å². The number of aliphatic hydroxyl groups excluding tert-OH is 1. The van der Waals surface area contributed by atoms with Crippen molar-refractivity contribution in [2.24, 2.45) is 0 Å². The molecule has 0 bridgehead atoms. The van der Waals surface area contributed by atoms with Gasteiger partial charge in [0.1, 0.15) is 0 Å². The molecule has 1 aromatic rings. The van der Waals surface area contributed by atoms with Crippen LogP contribution in [0.15, 0.2) is 24.3 Å². The molecule has 2 nitrogen and oxygen atoms in total. The van der Waals surface area contributed by atoms with Crippen molar-refractivity contribution in [3.05, 3.63) is 24.3 Å². The van der Waals surface area contributed by atoms with E-state index in [9.17, 15) is 0 Å². The minimum absolute atomic E-state index is 0.166. The van der Waals surface area contributed by atoms with E-state index in [1.165, 1.54) is 3.61 Å². The van der Waals surface area contributed by atoms with Crippen LogP contribution in [-0.4, -0.2) is 39.7 Å². The second-order valence-electron chi connectivity index (χ2n) is 2.25. The molecule has 1 rings (SSSR count). The van der Waals surface area contributed by atoms with Crippen LogP contribution in [0.4, 0.5) is 0 Å². The summed E-state index contributed by atoms with van der Waals surface area (Å²) >= 11 is -0.166. The van der Waals surface area contributed by atoms with Gasteiger partial charge in [0.05, 0.1) is 0 Å². The van der Waals surface area contributed by atoms with Gasteiger partial charge in [-0.25, -0.2) is 0 Å². The third kappa shape index (κ3) is 3.02. The van der Waals surface area contributed by atoms with Gasteiger partial charge in [0, 0.05) is 0 Å². The molecule has 0 saturated heterocycles. The second-order valence-corrected chi connectivity index (χ2v) is 5.58. The zero-order chi connectivity index (χ0) is 8.81. The number of rotatable bonds is 4. The van der Waals surface area contributed by atoms with Gasteiger partial charge in [-0.15, -0.1) is 0 Å². The van der Waals surface area contributed by atoms with E-state index in [0.717, 1.165) is 10.2 Å². The molecule has 0 heterocycles. The van der Waals surface area contributed by atoms with Gasteiger partial charge in [-0.3, -0.25) is 0 Å². The monoisotopic (exact) mass is 282 g/mol. The van der Waals surface area contributed by atoms with Gasteiger partial charge in [-0.2, -0.15) is 0 Å². The van der Waals surface area contributed by atoms with Crippen molar-refractivity contribution in [1.29, 1.82) is 0 Å². The van der Waals surface area contributed by atoms with Crippen LogP contribution in [-0.2, 0) is 0 Å². The van der Waals surface area contributed by atoms with Crippen molar-refractivity contribution in [2.75, 3.05) is 13.7 Å². The summed E-state index contributed by atoms with van der Waals surface area (Å²) in [4.78, 5) is 0. The van der Waals surface area contributed by atoms with Crippen LogP contribution in [0, 0.1) is 0 Å². The molecule has 0 radical (unpaired) electrons. The fraction of sp³-hybridized carbons (Fsp3) is 0.333. The number of hydrogen-bond acceptors (Lipinski definition) is 2.